The molecule has 8 aromatic rings. The van der Waals surface area contributed by atoms with Gasteiger partial charge in [-0.2, -0.15) is 0 Å². The fourth-order valence-corrected chi connectivity index (χ4v) is 10.8. The smallest absolute Gasteiger partial charge is 0.307 e. The van der Waals surface area contributed by atoms with E-state index >= 15 is 0 Å². The molecule has 9 heterocycles. The highest BCUT2D eigenvalue weighted by atomic mass is 79.9. The molecule has 1 fully saturated rings. The van der Waals surface area contributed by atoms with Crippen LogP contribution in [0.3, 0.4) is 0 Å². The summed E-state index contributed by atoms with van der Waals surface area (Å²) in [6.07, 6.45) is 7.43. The van der Waals surface area contributed by atoms with Crippen molar-refractivity contribution in [3.8, 4) is 0 Å². The zero-order valence-electron chi connectivity index (χ0n) is 29.7. The van der Waals surface area contributed by atoms with Gasteiger partial charge in [-0.1, -0.05) is 62.3 Å². The maximum absolute atomic E-state index is 10.5. The molecule has 0 saturated carbocycles. The average molecular weight is 1060 g/mol. The highest BCUT2D eigenvalue weighted by molar-refractivity contribution is 9.08. The van der Waals surface area contributed by atoms with Gasteiger partial charge in [0, 0.05) is 53.9 Å². The van der Waals surface area contributed by atoms with Crippen molar-refractivity contribution >= 4 is 182 Å². The number of hydrogen-bond acceptors (Lipinski definition) is 11. The molecule has 0 bridgehead atoms. The van der Waals surface area contributed by atoms with Crippen LogP contribution in [0, 0.1) is 13.5 Å². The lowest BCUT2D eigenvalue weighted by molar-refractivity contribution is -0.136. The summed E-state index contributed by atoms with van der Waals surface area (Å²) in [7, 11) is 0. The van der Waals surface area contributed by atoms with Gasteiger partial charge in [0.2, 0.25) is 18.4 Å². The summed E-state index contributed by atoms with van der Waals surface area (Å²) in [5, 5.41) is 20.3. The van der Waals surface area contributed by atoms with Crippen LogP contribution in [0.2, 0.25) is 20.1 Å². The van der Waals surface area contributed by atoms with Crippen LogP contribution in [0.15, 0.2) is 70.6 Å². The molecule has 10 nitrogen and oxygen atoms in total. The number of rotatable bonds is 4. The van der Waals surface area contributed by atoms with Crippen LogP contribution in [-0.4, -0.2) is 46.8 Å². The van der Waals surface area contributed by atoms with Gasteiger partial charge in [-0.05, 0) is 58.5 Å². The number of hydrogen-bond donors (Lipinski definition) is 1. The van der Waals surface area contributed by atoms with Crippen molar-refractivity contribution in [1.29, 1.82) is 0 Å². The van der Waals surface area contributed by atoms with Crippen LogP contribution in [0.1, 0.15) is 35.1 Å². The Morgan fingerprint density at radius 1 is 0.707 bits per heavy atom. The molecular formula is C38H26Br2Cl4N6O4S4. The van der Waals surface area contributed by atoms with E-state index in [1.807, 2.05) is 24.4 Å². The largest absolute Gasteiger partial charge is 0.481 e. The molecule has 1 aliphatic rings. The second-order valence-corrected chi connectivity index (χ2v) is 18.1. The summed E-state index contributed by atoms with van der Waals surface area (Å²) < 4.78 is 4.97. The van der Waals surface area contributed by atoms with E-state index in [1.165, 1.54) is 22.5 Å². The van der Waals surface area contributed by atoms with Gasteiger partial charge in [0.25, 0.3) is 0 Å². The fourth-order valence-electron chi connectivity index (χ4n) is 5.00. The third-order valence-electron chi connectivity index (χ3n) is 7.75. The molecule has 1 N–H and O–H groups in total. The number of carboxylic acid groups (broad SMARTS) is 1. The van der Waals surface area contributed by atoms with Crippen LogP contribution in [0.5, 0.6) is 0 Å². The Balaban J connectivity index is 0.000000139. The summed E-state index contributed by atoms with van der Waals surface area (Å²) in [4.78, 5) is 51.6. The molecule has 58 heavy (non-hydrogen) atoms. The van der Waals surface area contributed by atoms with Crippen molar-refractivity contribution in [2.45, 2.75) is 38.1 Å². The number of aromatic nitrogens is 4. The Kier molecular flexibility index (Phi) is 17.2. The first-order valence-corrected chi connectivity index (χ1v) is 23.3. The molecule has 0 aromatic carbocycles. The predicted octanol–water partition coefficient (Wildman–Crippen LogP) is 13.5. The van der Waals surface area contributed by atoms with Crippen molar-refractivity contribution in [3.63, 3.8) is 0 Å². The summed E-state index contributed by atoms with van der Waals surface area (Å²) in [5.41, 5.74) is 7.72. The number of halogens is 6. The molecule has 1 aliphatic heterocycles. The van der Waals surface area contributed by atoms with Gasteiger partial charge in [0.1, 0.15) is 0 Å². The SMILES string of the molecule is Cc1csc2c(Cl)ccnc12.Clc1ccnc2c(CBr)csc12.O=C(O)Cc1csc2c(Cl)ccnc12.O=C1CCC(=O)N1Br.[C-]#[N+]Cc1csc2c(Cl)ccnc12. The summed E-state index contributed by atoms with van der Waals surface area (Å²) in [5.74, 6) is -1.14. The summed E-state index contributed by atoms with van der Waals surface area (Å²) in [6.45, 7) is 9.20. The van der Waals surface area contributed by atoms with Crippen LogP contribution < -0.4 is 0 Å². The molecule has 0 radical (unpaired) electrons. The minimum atomic E-state index is -0.855. The number of imide groups is 1. The van der Waals surface area contributed by atoms with Crippen molar-refractivity contribution in [1.82, 2.24) is 23.9 Å². The molecule has 2 amide bonds. The Bertz CT molecular complexity index is 2770. The molecular weight excluding hydrogens is 1030 g/mol. The van der Waals surface area contributed by atoms with E-state index in [9.17, 15) is 14.4 Å². The maximum atomic E-state index is 10.5. The average Bonchev–Trinajstić information content (AvgIpc) is 4.05. The molecule has 1 saturated heterocycles. The van der Waals surface area contributed by atoms with Crippen LogP contribution in [0.25, 0.3) is 45.7 Å². The molecule has 9 rings (SSSR count). The minimum Gasteiger partial charge on any atom is -0.481 e. The summed E-state index contributed by atoms with van der Waals surface area (Å²) in [6, 6.07) is 7.10. The first kappa shape index (κ1) is 45.7. The first-order valence-electron chi connectivity index (χ1n) is 16.5. The topological polar surface area (TPSA) is 131 Å². The normalized spacial score (nSPS) is 11.9. The number of pyridine rings is 4. The van der Waals surface area contributed by atoms with Gasteiger partial charge in [0.05, 0.1) is 89.1 Å². The van der Waals surface area contributed by atoms with Crippen LogP contribution in [0.4, 0.5) is 0 Å². The van der Waals surface area contributed by atoms with E-state index in [2.05, 4.69) is 67.6 Å². The van der Waals surface area contributed by atoms with E-state index in [4.69, 9.17) is 58.1 Å². The standard InChI is InChI=1S/C9H5ClN2S.C9H6ClNO2S.C8H5BrClNS.C8H6ClNS.C4H4BrNO2/c1-11-4-6-5-13-9-7(10)2-3-12-8(6)9;10-6-1-2-11-8-5(3-7(12)13)4-14-9(6)8;9-3-5-4-12-8-6(10)1-2-11-7(5)8;1-5-4-11-8-6(9)2-3-10-7(5)8;5-6-3(7)1-2-4(6)8/h2-3,5H,4H2;1-2,4H,3H2,(H,12,13);1-2,4H,3H2;2-4H,1H3;1-2H2. The number of thiophene rings is 4. The number of fused-ring (bicyclic) bond motifs is 4. The molecule has 0 aliphatic carbocycles. The number of nitrogens with zero attached hydrogens (tertiary/aromatic N) is 6. The van der Waals surface area contributed by atoms with E-state index in [0.717, 1.165) is 65.8 Å². The Morgan fingerprint density at radius 2 is 1.09 bits per heavy atom. The van der Waals surface area contributed by atoms with Gasteiger partial charge in [-0.15, -0.1) is 45.3 Å². The van der Waals surface area contributed by atoms with E-state index in [1.54, 1.807) is 76.3 Å². The zero-order chi connectivity index (χ0) is 41.9. The molecule has 0 unspecified atom stereocenters. The molecule has 8 aromatic heterocycles. The second kappa shape index (κ2) is 21.8. The quantitative estimate of drug-likeness (QED) is 0.0798. The van der Waals surface area contributed by atoms with Crippen molar-refractivity contribution in [3.05, 3.63) is 124 Å². The van der Waals surface area contributed by atoms with Gasteiger partial charge < -0.3 is 9.95 Å². The lowest BCUT2D eigenvalue weighted by Gasteiger charge is -1.97. The Hall–Kier alpha value is -3.34. The number of aliphatic carboxylic acids is 1. The fraction of sp³-hybridized carbons (Fsp3) is 0.158. The number of alkyl halides is 1. The third-order valence-corrected chi connectivity index (χ3v) is 15.1. The summed E-state index contributed by atoms with van der Waals surface area (Å²) >= 11 is 36.3. The molecule has 0 atom stereocenters. The first-order chi connectivity index (χ1) is 27.8. The van der Waals surface area contributed by atoms with Crippen molar-refractivity contribution < 1.29 is 19.5 Å². The molecule has 0 spiro atoms. The Morgan fingerprint density at radius 3 is 1.48 bits per heavy atom. The highest BCUT2D eigenvalue weighted by Gasteiger charge is 2.26. The number of amides is 2. The van der Waals surface area contributed by atoms with Gasteiger partial charge in [-0.3, -0.25) is 34.3 Å². The van der Waals surface area contributed by atoms with Crippen LogP contribution >= 0.6 is 124 Å². The van der Waals surface area contributed by atoms with Crippen LogP contribution in [-0.2, 0) is 32.7 Å². The van der Waals surface area contributed by atoms with E-state index in [0.29, 0.717) is 34.9 Å². The van der Waals surface area contributed by atoms with Gasteiger partial charge >= 0.3 is 5.97 Å². The second-order valence-electron chi connectivity index (χ2n) is 11.7. The molecule has 20 heteroatoms. The van der Waals surface area contributed by atoms with E-state index in [-0.39, 0.29) is 18.2 Å². The number of carboxylic acids is 1. The zero-order valence-corrected chi connectivity index (χ0v) is 39.2. The van der Waals surface area contributed by atoms with Gasteiger partial charge in [-0.25, -0.2) is 10.5 Å². The van der Waals surface area contributed by atoms with Crippen molar-refractivity contribution in [2.75, 3.05) is 0 Å². The number of carbonyl (C=O) groups is 3. The van der Waals surface area contributed by atoms with Crippen molar-refractivity contribution in [2.24, 2.45) is 0 Å². The van der Waals surface area contributed by atoms with Gasteiger partial charge in [0.15, 0.2) is 0 Å². The minimum absolute atomic E-state index is 0.00660. The predicted molar refractivity (Wildman–Crippen MR) is 248 cm³/mol. The maximum Gasteiger partial charge on any atom is 0.307 e. The lowest BCUT2D eigenvalue weighted by Crippen LogP contribution is -2.16. The monoisotopic (exact) mass is 1060 g/mol. The number of carbonyl (C=O) groups excluding carboxylic acids is 2. The third kappa shape index (κ3) is 11.5. The molecule has 298 valence electrons. The Labute approximate surface area is 384 Å². The lowest BCUT2D eigenvalue weighted by atomic mass is 10.2. The number of aryl methyl sites for hydroxylation is 1. The highest BCUT2D eigenvalue weighted by Crippen LogP contribution is 2.33. The van der Waals surface area contributed by atoms with E-state index < -0.39 is 5.97 Å².